The van der Waals surface area contributed by atoms with Gasteiger partial charge in [0.25, 0.3) is 5.91 Å². The fraction of sp³-hybridized carbons (Fsp3) is 0.304. The van der Waals surface area contributed by atoms with Crippen LogP contribution in [0.3, 0.4) is 0 Å². The van der Waals surface area contributed by atoms with Crippen molar-refractivity contribution < 1.29 is 14.3 Å². The average molecular weight is 406 g/mol. The molecule has 2 amide bonds. The monoisotopic (exact) mass is 406 g/mol. The quantitative estimate of drug-likeness (QED) is 0.540. The summed E-state index contributed by atoms with van der Waals surface area (Å²) in [6.45, 7) is 7.81. The number of amides is 2. The largest absolute Gasteiger partial charge is 0.484 e. The van der Waals surface area contributed by atoms with Gasteiger partial charge in [-0.1, -0.05) is 45.0 Å². The van der Waals surface area contributed by atoms with Crippen LogP contribution >= 0.6 is 0 Å². The number of nitrogens with zero attached hydrogens (tertiary/aromatic N) is 2. The molecule has 0 unspecified atom stereocenters. The van der Waals surface area contributed by atoms with E-state index in [0.717, 1.165) is 0 Å². The van der Waals surface area contributed by atoms with E-state index in [2.05, 4.69) is 36.6 Å². The summed E-state index contributed by atoms with van der Waals surface area (Å²) >= 11 is 0. The second kappa shape index (κ2) is 10.2. The first-order chi connectivity index (χ1) is 14.2. The minimum atomic E-state index is -0.426. The van der Waals surface area contributed by atoms with Crippen molar-refractivity contribution in [2.75, 3.05) is 11.9 Å². The van der Waals surface area contributed by atoms with Gasteiger partial charge in [0.2, 0.25) is 5.91 Å². The number of carbonyl (C=O) groups is 2. The van der Waals surface area contributed by atoms with Gasteiger partial charge in [-0.05, 0) is 42.2 Å². The molecule has 0 saturated heterocycles. The summed E-state index contributed by atoms with van der Waals surface area (Å²) in [5.41, 5.74) is 4.83. The van der Waals surface area contributed by atoms with E-state index in [1.165, 1.54) is 5.56 Å². The molecule has 7 heteroatoms. The lowest BCUT2D eigenvalue weighted by atomic mass is 9.87. The number of para-hydroxylation sites is 1. The predicted octanol–water partition coefficient (Wildman–Crippen LogP) is 3.76. The highest BCUT2D eigenvalue weighted by atomic mass is 16.5. The Kier molecular flexibility index (Phi) is 7.70. The van der Waals surface area contributed by atoms with Crippen LogP contribution in [0.1, 0.15) is 45.2 Å². The summed E-state index contributed by atoms with van der Waals surface area (Å²) < 4.78 is 5.46. The Bertz CT molecular complexity index is 967. The lowest BCUT2D eigenvalue weighted by molar-refractivity contribution is -0.123. The summed E-state index contributed by atoms with van der Waals surface area (Å²) in [4.78, 5) is 24.0. The highest BCUT2D eigenvalue weighted by molar-refractivity contribution is 6.06. The Morgan fingerprint density at radius 2 is 1.73 bits per heavy atom. The highest BCUT2D eigenvalue weighted by Gasteiger charge is 2.13. The minimum absolute atomic E-state index is 0.0187. The fourth-order valence-corrected chi connectivity index (χ4v) is 2.55. The van der Waals surface area contributed by atoms with Crippen molar-refractivity contribution >= 4 is 23.2 Å². The molecule has 0 radical (unpaired) electrons. The summed E-state index contributed by atoms with van der Waals surface area (Å²) in [5, 5.41) is 15.6. The van der Waals surface area contributed by atoms with Crippen molar-refractivity contribution in [2.24, 2.45) is 5.10 Å². The first-order valence-electron chi connectivity index (χ1n) is 9.53. The van der Waals surface area contributed by atoms with Crippen LogP contribution in [-0.4, -0.2) is 24.1 Å². The van der Waals surface area contributed by atoms with Crippen LogP contribution in [0.4, 0.5) is 5.69 Å². The van der Waals surface area contributed by atoms with E-state index in [-0.39, 0.29) is 24.3 Å². The van der Waals surface area contributed by atoms with Gasteiger partial charge in [0.15, 0.2) is 6.61 Å². The summed E-state index contributed by atoms with van der Waals surface area (Å²) in [6.07, 6.45) is -0.0187. The molecule has 156 valence electrons. The number of hydrazone groups is 1. The molecule has 0 saturated carbocycles. The zero-order chi connectivity index (χ0) is 22.1. The second-order valence-electron chi connectivity index (χ2n) is 7.83. The maximum Gasteiger partial charge on any atom is 0.277 e. The fourth-order valence-electron chi connectivity index (χ4n) is 2.55. The van der Waals surface area contributed by atoms with Gasteiger partial charge < -0.3 is 10.1 Å². The molecule has 2 aromatic carbocycles. The topological polar surface area (TPSA) is 104 Å². The lowest BCUT2D eigenvalue weighted by Crippen LogP contribution is -2.26. The first-order valence-corrected chi connectivity index (χ1v) is 9.53. The van der Waals surface area contributed by atoms with Crippen LogP contribution in [0, 0.1) is 11.3 Å². The summed E-state index contributed by atoms with van der Waals surface area (Å²) in [7, 11) is 0. The van der Waals surface area contributed by atoms with E-state index >= 15 is 0 Å². The normalized spacial score (nSPS) is 11.4. The number of carbonyl (C=O) groups excluding carboxylic acids is 2. The molecular formula is C23H26N4O3. The zero-order valence-corrected chi connectivity index (χ0v) is 17.7. The molecule has 0 fully saturated rings. The van der Waals surface area contributed by atoms with Crippen LogP contribution in [0.5, 0.6) is 5.75 Å². The van der Waals surface area contributed by atoms with E-state index in [1.54, 1.807) is 31.2 Å². The number of anilines is 1. The Labute approximate surface area is 176 Å². The molecule has 0 aromatic heterocycles. The SMILES string of the molecule is C/C(CC(=O)Nc1ccccc1C#N)=N/NC(=O)COc1ccc(C(C)(C)C)cc1. The van der Waals surface area contributed by atoms with Crippen molar-refractivity contribution in [1.29, 1.82) is 5.26 Å². The van der Waals surface area contributed by atoms with Gasteiger partial charge in [-0.15, -0.1) is 0 Å². The van der Waals surface area contributed by atoms with E-state index < -0.39 is 5.91 Å². The number of nitrogens with one attached hydrogen (secondary N) is 2. The summed E-state index contributed by atoms with van der Waals surface area (Å²) in [5.74, 6) is -0.165. The Balaban J connectivity index is 1.80. The second-order valence-corrected chi connectivity index (χ2v) is 7.83. The highest BCUT2D eigenvalue weighted by Crippen LogP contribution is 2.24. The number of hydrogen-bond acceptors (Lipinski definition) is 5. The summed E-state index contributed by atoms with van der Waals surface area (Å²) in [6, 6.07) is 16.3. The minimum Gasteiger partial charge on any atom is -0.484 e. The molecule has 0 bridgehead atoms. The zero-order valence-electron chi connectivity index (χ0n) is 17.7. The van der Waals surface area contributed by atoms with Gasteiger partial charge in [-0.2, -0.15) is 10.4 Å². The molecule has 0 heterocycles. The van der Waals surface area contributed by atoms with Crippen LogP contribution in [0.25, 0.3) is 0 Å². The molecule has 2 rings (SSSR count). The van der Waals surface area contributed by atoms with Crippen molar-refractivity contribution in [2.45, 2.75) is 39.5 Å². The van der Waals surface area contributed by atoms with Crippen LogP contribution in [0.2, 0.25) is 0 Å². The number of nitriles is 1. The predicted molar refractivity (Wildman–Crippen MR) is 116 cm³/mol. The molecule has 0 atom stereocenters. The molecule has 0 aliphatic heterocycles. The molecule has 2 N–H and O–H groups in total. The lowest BCUT2D eigenvalue weighted by Gasteiger charge is -2.19. The third kappa shape index (κ3) is 7.06. The van der Waals surface area contributed by atoms with Gasteiger partial charge in [-0.3, -0.25) is 9.59 Å². The van der Waals surface area contributed by atoms with Crippen molar-refractivity contribution in [3.8, 4) is 11.8 Å². The Morgan fingerprint density at radius 1 is 1.07 bits per heavy atom. The molecule has 0 spiro atoms. The molecule has 0 aliphatic rings. The van der Waals surface area contributed by atoms with Crippen LogP contribution in [-0.2, 0) is 15.0 Å². The van der Waals surface area contributed by atoms with E-state index in [4.69, 9.17) is 10.00 Å². The number of rotatable bonds is 7. The van der Waals surface area contributed by atoms with Crippen LogP contribution < -0.4 is 15.5 Å². The molecule has 0 aliphatic carbocycles. The molecule has 7 nitrogen and oxygen atoms in total. The third-order valence-corrected chi connectivity index (χ3v) is 4.20. The van der Waals surface area contributed by atoms with Gasteiger partial charge in [0.1, 0.15) is 11.8 Å². The van der Waals surface area contributed by atoms with Gasteiger partial charge in [0, 0.05) is 5.71 Å². The van der Waals surface area contributed by atoms with Crippen molar-refractivity contribution in [3.05, 3.63) is 59.7 Å². The van der Waals surface area contributed by atoms with Crippen LogP contribution in [0.15, 0.2) is 53.6 Å². The van der Waals surface area contributed by atoms with Gasteiger partial charge in [0.05, 0.1) is 17.7 Å². The van der Waals surface area contributed by atoms with E-state index in [9.17, 15) is 9.59 Å². The van der Waals surface area contributed by atoms with E-state index in [0.29, 0.717) is 22.7 Å². The molecule has 2 aromatic rings. The van der Waals surface area contributed by atoms with Crippen molar-refractivity contribution in [1.82, 2.24) is 5.43 Å². The van der Waals surface area contributed by atoms with E-state index in [1.807, 2.05) is 30.3 Å². The number of benzene rings is 2. The smallest absolute Gasteiger partial charge is 0.277 e. The maximum atomic E-state index is 12.1. The standard InChI is InChI=1S/C23H26N4O3/c1-16(13-21(28)25-20-8-6-5-7-17(20)14-24)26-27-22(29)15-30-19-11-9-18(10-12-19)23(2,3)4/h5-12H,13,15H2,1-4H3,(H,25,28)(H,27,29)/b26-16-. The van der Waals surface area contributed by atoms with Gasteiger partial charge in [-0.25, -0.2) is 5.43 Å². The maximum absolute atomic E-state index is 12.1. The third-order valence-electron chi connectivity index (χ3n) is 4.20. The number of hydrogen-bond donors (Lipinski definition) is 2. The molecule has 30 heavy (non-hydrogen) atoms. The van der Waals surface area contributed by atoms with Gasteiger partial charge >= 0.3 is 0 Å². The average Bonchev–Trinajstić information content (AvgIpc) is 2.70. The first kappa shape index (κ1) is 22.6. The Morgan fingerprint density at radius 3 is 2.37 bits per heavy atom. The molecular weight excluding hydrogens is 380 g/mol. The Hall–Kier alpha value is -3.66. The van der Waals surface area contributed by atoms with Crippen molar-refractivity contribution in [3.63, 3.8) is 0 Å². The number of ether oxygens (including phenoxy) is 1.